The SMILES string of the molecule is CN(Cc1nc(-c2cccs2)no1)Cc1ccccc1F. The molecule has 1 aromatic carbocycles. The highest BCUT2D eigenvalue weighted by Gasteiger charge is 2.12. The van der Waals surface area contributed by atoms with E-state index in [4.69, 9.17) is 4.52 Å². The van der Waals surface area contributed by atoms with Gasteiger partial charge in [0.2, 0.25) is 11.7 Å². The number of thiophene rings is 1. The summed E-state index contributed by atoms with van der Waals surface area (Å²) in [5.41, 5.74) is 0.651. The summed E-state index contributed by atoms with van der Waals surface area (Å²) in [6, 6.07) is 10.6. The van der Waals surface area contributed by atoms with Crippen LogP contribution >= 0.6 is 11.3 Å². The Bertz CT molecular complexity index is 711. The van der Waals surface area contributed by atoms with Gasteiger partial charge in [-0.25, -0.2) is 4.39 Å². The van der Waals surface area contributed by atoms with Gasteiger partial charge in [0, 0.05) is 12.1 Å². The maximum Gasteiger partial charge on any atom is 0.241 e. The molecular weight excluding hydrogens is 289 g/mol. The minimum absolute atomic E-state index is 0.200. The lowest BCUT2D eigenvalue weighted by atomic mass is 10.2. The molecule has 2 aromatic heterocycles. The first kappa shape index (κ1) is 13.9. The lowest BCUT2D eigenvalue weighted by Gasteiger charge is -2.14. The second-order valence-electron chi connectivity index (χ2n) is 4.75. The van der Waals surface area contributed by atoms with E-state index in [-0.39, 0.29) is 5.82 Å². The highest BCUT2D eigenvalue weighted by Crippen LogP contribution is 2.21. The number of rotatable bonds is 5. The monoisotopic (exact) mass is 303 g/mol. The van der Waals surface area contributed by atoms with Crippen LogP contribution in [0.15, 0.2) is 46.3 Å². The van der Waals surface area contributed by atoms with E-state index in [1.165, 1.54) is 6.07 Å². The van der Waals surface area contributed by atoms with Gasteiger partial charge in [0.25, 0.3) is 0 Å². The van der Waals surface area contributed by atoms with Gasteiger partial charge in [0.05, 0.1) is 11.4 Å². The molecule has 21 heavy (non-hydrogen) atoms. The molecule has 0 aliphatic rings. The van der Waals surface area contributed by atoms with Gasteiger partial charge in [-0.1, -0.05) is 29.4 Å². The second kappa shape index (κ2) is 6.15. The molecule has 0 N–H and O–H groups in total. The largest absolute Gasteiger partial charge is 0.338 e. The fourth-order valence-corrected chi connectivity index (χ4v) is 2.68. The zero-order valence-corrected chi connectivity index (χ0v) is 12.3. The summed E-state index contributed by atoms with van der Waals surface area (Å²) >= 11 is 1.56. The molecule has 0 radical (unpaired) electrons. The smallest absolute Gasteiger partial charge is 0.241 e. The van der Waals surface area contributed by atoms with Gasteiger partial charge in [-0.05, 0) is 24.6 Å². The van der Waals surface area contributed by atoms with Crippen LogP contribution in [0.1, 0.15) is 11.5 Å². The fourth-order valence-electron chi connectivity index (χ4n) is 2.03. The van der Waals surface area contributed by atoms with Crippen molar-refractivity contribution in [1.82, 2.24) is 15.0 Å². The number of hydrogen-bond donors (Lipinski definition) is 0. The summed E-state index contributed by atoms with van der Waals surface area (Å²) in [5.74, 6) is 0.922. The van der Waals surface area contributed by atoms with E-state index in [0.29, 0.717) is 30.4 Å². The number of aromatic nitrogens is 2. The van der Waals surface area contributed by atoms with Crippen LogP contribution in [0.2, 0.25) is 0 Å². The normalized spacial score (nSPS) is 11.2. The van der Waals surface area contributed by atoms with Gasteiger partial charge in [-0.2, -0.15) is 4.98 Å². The molecule has 6 heteroatoms. The molecule has 4 nitrogen and oxygen atoms in total. The van der Waals surface area contributed by atoms with Crippen molar-refractivity contribution in [3.05, 3.63) is 59.0 Å². The zero-order valence-electron chi connectivity index (χ0n) is 11.5. The van der Waals surface area contributed by atoms with Crippen LogP contribution in [-0.2, 0) is 13.1 Å². The van der Waals surface area contributed by atoms with E-state index in [0.717, 1.165) is 4.88 Å². The molecule has 0 amide bonds. The quantitative estimate of drug-likeness (QED) is 0.722. The molecule has 0 fully saturated rings. The van der Waals surface area contributed by atoms with Crippen molar-refractivity contribution in [1.29, 1.82) is 0 Å². The van der Waals surface area contributed by atoms with Gasteiger partial charge in [-0.3, -0.25) is 4.90 Å². The molecular formula is C15H14FN3OS. The summed E-state index contributed by atoms with van der Waals surface area (Å²) in [6.45, 7) is 0.968. The molecule has 0 aliphatic carbocycles. The van der Waals surface area contributed by atoms with Crippen molar-refractivity contribution in [2.45, 2.75) is 13.1 Å². The minimum Gasteiger partial charge on any atom is -0.338 e. The fraction of sp³-hybridized carbons (Fsp3) is 0.200. The van der Waals surface area contributed by atoms with Crippen LogP contribution < -0.4 is 0 Å². The molecule has 3 rings (SSSR count). The average molecular weight is 303 g/mol. The van der Waals surface area contributed by atoms with Crippen molar-refractivity contribution in [3.63, 3.8) is 0 Å². The lowest BCUT2D eigenvalue weighted by Crippen LogP contribution is -2.18. The molecule has 2 heterocycles. The van der Waals surface area contributed by atoms with Crippen LogP contribution in [0.3, 0.4) is 0 Å². The van der Waals surface area contributed by atoms with Crippen molar-refractivity contribution in [2.75, 3.05) is 7.05 Å². The average Bonchev–Trinajstić information content (AvgIpc) is 3.12. The Labute approximate surface area is 125 Å². The summed E-state index contributed by atoms with van der Waals surface area (Å²) in [7, 11) is 1.89. The maximum atomic E-state index is 13.6. The summed E-state index contributed by atoms with van der Waals surface area (Å²) < 4.78 is 18.8. The van der Waals surface area contributed by atoms with Crippen LogP contribution in [-0.4, -0.2) is 22.1 Å². The molecule has 108 valence electrons. The first-order chi connectivity index (χ1) is 10.2. The predicted molar refractivity (Wildman–Crippen MR) is 79.2 cm³/mol. The highest BCUT2D eigenvalue weighted by atomic mass is 32.1. The topological polar surface area (TPSA) is 42.2 Å². The summed E-state index contributed by atoms with van der Waals surface area (Å²) in [4.78, 5) is 7.26. The van der Waals surface area contributed by atoms with E-state index in [1.807, 2.05) is 35.5 Å². The molecule has 0 saturated heterocycles. The first-order valence-corrected chi connectivity index (χ1v) is 7.39. The predicted octanol–water partition coefficient (Wildman–Crippen LogP) is 3.57. The molecule has 0 atom stereocenters. The number of benzene rings is 1. The summed E-state index contributed by atoms with van der Waals surface area (Å²) in [5, 5.41) is 5.93. The Hall–Kier alpha value is -2.05. The van der Waals surface area contributed by atoms with E-state index >= 15 is 0 Å². The number of hydrogen-bond acceptors (Lipinski definition) is 5. The van der Waals surface area contributed by atoms with E-state index in [2.05, 4.69) is 10.1 Å². The Morgan fingerprint density at radius 1 is 1.19 bits per heavy atom. The van der Waals surface area contributed by atoms with Crippen molar-refractivity contribution in [2.24, 2.45) is 0 Å². The molecule has 0 bridgehead atoms. The molecule has 0 unspecified atom stereocenters. The van der Waals surface area contributed by atoms with Gasteiger partial charge in [-0.15, -0.1) is 11.3 Å². The van der Waals surface area contributed by atoms with Crippen molar-refractivity contribution in [3.8, 4) is 10.7 Å². The molecule has 0 saturated carbocycles. The van der Waals surface area contributed by atoms with E-state index in [9.17, 15) is 4.39 Å². The standard InChI is InChI=1S/C15H14FN3OS/c1-19(9-11-5-2-3-6-12(11)16)10-14-17-15(18-20-14)13-7-4-8-21-13/h2-8H,9-10H2,1H3. The minimum atomic E-state index is -0.200. The third-order valence-corrected chi connectivity index (χ3v) is 3.88. The van der Waals surface area contributed by atoms with Crippen LogP contribution in [0, 0.1) is 5.82 Å². The highest BCUT2D eigenvalue weighted by molar-refractivity contribution is 7.13. The maximum absolute atomic E-state index is 13.6. The van der Waals surface area contributed by atoms with Crippen molar-refractivity contribution >= 4 is 11.3 Å². The number of nitrogens with zero attached hydrogens (tertiary/aromatic N) is 3. The van der Waals surface area contributed by atoms with Gasteiger partial charge in [0.1, 0.15) is 5.82 Å². The first-order valence-electron chi connectivity index (χ1n) is 6.51. The van der Waals surface area contributed by atoms with Gasteiger partial charge < -0.3 is 4.52 Å². The van der Waals surface area contributed by atoms with Gasteiger partial charge in [0.15, 0.2) is 0 Å². The van der Waals surface area contributed by atoms with Crippen LogP contribution in [0.4, 0.5) is 4.39 Å². The van der Waals surface area contributed by atoms with Crippen LogP contribution in [0.25, 0.3) is 10.7 Å². The Balaban J connectivity index is 1.65. The lowest BCUT2D eigenvalue weighted by molar-refractivity contribution is 0.258. The Morgan fingerprint density at radius 2 is 2.05 bits per heavy atom. The molecule has 0 spiro atoms. The Morgan fingerprint density at radius 3 is 2.81 bits per heavy atom. The third kappa shape index (κ3) is 3.34. The second-order valence-corrected chi connectivity index (χ2v) is 5.70. The van der Waals surface area contributed by atoms with E-state index < -0.39 is 0 Å². The zero-order chi connectivity index (χ0) is 14.7. The third-order valence-electron chi connectivity index (χ3n) is 3.01. The summed E-state index contributed by atoms with van der Waals surface area (Å²) in [6.07, 6.45) is 0. The van der Waals surface area contributed by atoms with Crippen LogP contribution in [0.5, 0.6) is 0 Å². The van der Waals surface area contributed by atoms with E-state index in [1.54, 1.807) is 23.5 Å². The Kier molecular flexibility index (Phi) is 4.08. The molecule has 0 aliphatic heterocycles. The number of halogens is 1. The van der Waals surface area contributed by atoms with Crippen molar-refractivity contribution < 1.29 is 8.91 Å². The van der Waals surface area contributed by atoms with Gasteiger partial charge >= 0.3 is 0 Å². The molecule has 3 aromatic rings.